The van der Waals surface area contributed by atoms with Crippen molar-refractivity contribution >= 4 is 27.5 Å². The molecule has 0 saturated carbocycles. The highest BCUT2D eigenvalue weighted by Crippen LogP contribution is 2.14. The van der Waals surface area contributed by atoms with Crippen LogP contribution >= 0.6 is 11.6 Å². The Kier molecular flexibility index (Phi) is 3.13. The minimum atomic E-state index is -3.67. The summed E-state index contributed by atoms with van der Waals surface area (Å²) in [5, 5.41) is 0.185. The molecule has 0 N–H and O–H groups in total. The summed E-state index contributed by atoms with van der Waals surface area (Å²) in [5.41, 5.74) is 0.0830. The van der Waals surface area contributed by atoms with E-state index in [0.717, 1.165) is 6.26 Å². The maximum Gasteiger partial charge on any atom is 0.289 e. The molecule has 1 aromatic rings. The molecule has 6 heteroatoms. The highest BCUT2D eigenvalue weighted by atomic mass is 35.5. The first-order chi connectivity index (χ1) is 6.40. The van der Waals surface area contributed by atoms with Crippen LogP contribution in [0.4, 0.5) is 0 Å². The van der Waals surface area contributed by atoms with Crippen molar-refractivity contribution < 1.29 is 13.2 Å². The maximum atomic E-state index is 11.3. The van der Waals surface area contributed by atoms with Crippen molar-refractivity contribution in [3.05, 3.63) is 34.9 Å². The number of carbonyl (C=O) groups is 1. The smallest absolute Gasteiger partial charge is 0.266 e. The third-order valence-corrected chi connectivity index (χ3v) is 2.18. The molecule has 1 rings (SSSR count). The van der Waals surface area contributed by atoms with E-state index in [1.165, 1.54) is 12.1 Å². The molecule has 0 aromatic heterocycles. The van der Waals surface area contributed by atoms with Crippen LogP contribution in [0.5, 0.6) is 0 Å². The normalized spacial score (nSPS) is 11.0. The van der Waals surface area contributed by atoms with Gasteiger partial charge in [-0.2, -0.15) is 0 Å². The molecule has 75 valence electrons. The fraction of sp³-hybridized carbons (Fsp3) is 0.125. The van der Waals surface area contributed by atoms with Crippen LogP contribution in [0.3, 0.4) is 0 Å². The van der Waals surface area contributed by atoms with E-state index < -0.39 is 15.9 Å². The summed E-state index contributed by atoms with van der Waals surface area (Å²) in [6.45, 7) is 0. The molecular formula is C8H7ClNO3S. The van der Waals surface area contributed by atoms with E-state index in [1.807, 2.05) is 0 Å². The molecule has 0 atom stereocenters. The molecule has 14 heavy (non-hydrogen) atoms. The Labute approximate surface area is 86.9 Å². The van der Waals surface area contributed by atoms with Crippen LogP contribution in [0, 0.1) is 0 Å². The van der Waals surface area contributed by atoms with E-state index >= 15 is 0 Å². The van der Waals surface area contributed by atoms with Crippen molar-refractivity contribution in [2.75, 3.05) is 6.26 Å². The van der Waals surface area contributed by atoms with Gasteiger partial charge in [-0.15, -0.1) is 4.72 Å². The molecule has 0 aliphatic carbocycles. The Morgan fingerprint density at radius 1 is 1.36 bits per heavy atom. The minimum absolute atomic E-state index is 0.0830. The van der Waals surface area contributed by atoms with Crippen LogP contribution in [-0.4, -0.2) is 20.6 Å². The number of hydrogen-bond donors (Lipinski definition) is 0. The van der Waals surface area contributed by atoms with Gasteiger partial charge in [0.05, 0.1) is 16.8 Å². The van der Waals surface area contributed by atoms with Gasteiger partial charge in [0.2, 0.25) is 0 Å². The van der Waals surface area contributed by atoms with E-state index in [1.54, 1.807) is 12.1 Å². The summed E-state index contributed by atoms with van der Waals surface area (Å²) < 4.78 is 24.4. The van der Waals surface area contributed by atoms with Gasteiger partial charge in [0.15, 0.2) is 0 Å². The van der Waals surface area contributed by atoms with Gasteiger partial charge in [-0.1, -0.05) is 23.7 Å². The van der Waals surface area contributed by atoms with Crippen molar-refractivity contribution in [3.63, 3.8) is 0 Å². The molecule has 0 saturated heterocycles. The molecule has 0 heterocycles. The summed E-state index contributed by atoms with van der Waals surface area (Å²) in [7, 11) is -3.67. The summed E-state index contributed by atoms with van der Waals surface area (Å²) in [5.74, 6) is -0.849. The van der Waals surface area contributed by atoms with Gasteiger partial charge in [0, 0.05) is 0 Å². The highest BCUT2D eigenvalue weighted by molar-refractivity contribution is 7.89. The van der Waals surface area contributed by atoms with Gasteiger partial charge in [0.1, 0.15) is 0 Å². The van der Waals surface area contributed by atoms with Gasteiger partial charge in [0.25, 0.3) is 15.9 Å². The van der Waals surface area contributed by atoms with E-state index in [4.69, 9.17) is 11.6 Å². The zero-order chi connectivity index (χ0) is 10.8. The summed E-state index contributed by atoms with van der Waals surface area (Å²) >= 11 is 5.67. The fourth-order valence-corrected chi connectivity index (χ4v) is 1.45. The largest absolute Gasteiger partial charge is 0.289 e. The van der Waals surface area contributed by atoms with Crippen LogP contribution in [0.1, 0.15) is 10.4 Å². The first kappa shape index (κ1) is 11.0. The lowest BCUT2D eigenvalue weighted by Gasteiger charge is -2.00. The number of halogens is 1. The Bertz CT molecular complexity index is 455. The van der Waals surface area contributed by atoms with Gasteiger partial charge in [-0.3, -0.25) is 4.79 Å². The average molecular weight is 233 g/mol. The van der Waals surface area contributed by atoms with Crippen molar-refractivity contribution in [2.24, 2.45) is 0 Å². The molecule has 1 amide bonds. The second-order valence-electron chi connectivity index (χ2n) is 2.61. The molecule has 0 unspecified atom stereocenters. The molecule has 1 radical (unpaired) electrons. The predicted molar refractivity (Wildman–Crippen MR) is 52.8 cm³/mol. The molecule has 0 fully saturated rings. The molecule has 0 bridgehead atoms. The molecule has 0 aliphatic rings. The third kappa shape index (κ3) is 3.01. The number of benzene rings is 1. The third-order valence-electron chi connectivity index (χ3n) is 1.35. The second-order valence-corrected chi connectivity index (χ2v) is 4.67. The lowest BCUT2D eigenvalue weighted by atomic mass is 10.2. The number of sulfonamides is 1. The zero-order valence-electron chi connectivity index (χ0n) is 7.27. The lowest BCUT2D eigenvalue weighted by molar-refractivity contribution is 0.0978. The molecule has 4 nitrogen and oxygen atoms in total. The SMILES string of the molecule is CS(=O)(=O)[N]C(=O)c1ccccc1Cl. The second kappa shape index (κ2) is 3.98. The van der Waals surface area contributed by atoms with E-state index in [9.17, 15) is 13.2 Å². The number of amides is 1. The van der Waals surface area contributed by atoms with Crippen LogP contribution < -0.4 is 4.72 Å². The lowest BCUT2D eigenvalue weighted by Crippen LogP contribution is -2.22. The van der Waals surface area contributed by atoms with Crippen LogP contribution in [0.25, 0.3) is 0 Å². The first-order valence-electron chi connectivity index (χ1n) is 3.62. The maximum absolute atomic E-state index is 11.3. The van der Waals surface area contributed by atoms with E-state index in [-0.39, 0.29) is 10.6 Å². The number of nitrogens with zero attached hydrogens (tertiary/aromatic N) is 1. The quantitative estimate of drug-likeness (QED) is 0.765. The van der Waals surface area contributed by atoms with Crippen molar-refractivity contribution in [2.45, 2.75) is 0 Å². The Hall–Kier alpha value is -1.07. The summed E-state index contributed by atoms with van der Waals surface area (Å²) in [6, 6.07) is 6.13. The Morgan fingerprint density at radius 2 is 1.93 bits per heavy atom. The summed E-state index contributed by atoms with van der Waals surface area (Å²) in [6.07, 6.45) is 0.849. The molecule has 0 aliphatic heterocycles. The van der Waals surface area contributed by atoms with Crippen LogP contribution in [0.2, 0.25) is 5.02 Å². The predicted octanol–water partition coefficient (Wildman–Crippen LogP) is 1.04. The van der Waals surface area contributed by atoms with Gasteiger partial charge in [-0.05, 0) is 12.1 Å². The monoisotopic (exact) mass is 232 g/mol. The van der Waals surface area contributed by atoms with Crippen molar-refractivity contribution in [1.29, 1.82) is 0 Å². The molecule has 0 spiro atoms. The number of carbonyl (C=O) groups excluding carboxylic acids is 1. The van der Waals surface area contributed by atoms with Crippen molar-refractivity contribution in [3.8, 4) is 0 Å². The summed E-state index contributed by atoms with van der Waals surface area (Å²) in [4.78, 5) is 11.3. The molecule has 1 aromatic carbocycles. The van der Waals surface area contributed by atoms with Crippen molar-refractivity contribution in [1.82, 2.24) is 4.72 Å². The van der Waals surface area contributed by atoms with Crippen LogP contribution in [0.15, 0.2) is 24.3 Å². The van der Waals surface area contributed by atoms with Gasteiger partial charge >= 0.3 is 0 Å². The number of hydrogen-bond acceptors (Lipinski definition) is 3. The number of rotatable bonds is 2. The Morgan fingerprint density at radius 3 is 2.43 bits per heavy atom. The minimum Gasteiger partial charge on any atom is -0.266 e. The highest BCUT2D eigenvalue weighted by Gasteiger charge is 2.15. The van der Waals surface area contributed by atoms with Crippen LogP contribution in [-0.2, 0) is 10.0 Å². The zero-order valence-corrected chi connectivity index (χ0v) is 8.84. The first-order valence-corrected chi connectivity index (χ1v) is 5.84. The average Bonchev–Trinajstić information content (AvgIpc) is 2.01. The van der Waals surface area contributed by atoms with E-state index in [0.29, 0.717) is 0 Å². The fourth-order valence-electron chi connectivity index (χ4n) is 0.834. The standard InChI is InChI=1S/C8H7ClNO3S/c1-14(12,13)10-8(11)6-4-2-3-5-7(6)9/h2-5H,1H3. The van der Waals surface area contributed by atoms with Gasteiger partial charge in [-0.25, -0.2) is 8.42 Å². The molecular weight excluding hydrogens is 226 g/mol. The van der Waals surface area contributed by atoms with Gasteiger partial charge < -0.3 is 0 Å². The Balaban J connectivity index is 2.97. The van der Waals surface area contributed by atoms with E-state index in [2.05, 4.69) is 4.72 Å². The topological polar surface area (TPSA) is 65.3 Å².